The Morgan fingerprint density at radius 2 is 1.89 bits per heavy atom. The van der Waals surface area contributed by atoms with Crippen LogP contribution in [0.25, 0.3) is 0 Å². The third-order valence-electron chi connectivity index (χ3n) is 5.71. The van der Waals surface area contributed by atoms with Gasteiger partial charge in [-0.3, -0.25) is 4.79 Å². The van der Waals surface area contributed by atoms with Crippen LogP contribution in [0.2, 0.25) is 0 Å². The van der Waals surface area contributed by atoms with Crippen molar-refractivity contribution in [1.82, 2.24) is 9.62 Å². The molecule has 0 aromatic heterocycles. The number of anilines is 1. The molecule has 1 atom stereocenters. The number of aryl methyl sites for hydroxylation is 1. The lowest BCUT2D eigenvalue weighted by Crippen LogP contribution is -2.52. The standard InChI is InChI=1S/C20H36N4O3S/c1-6-24(7-2,13-8-9-18(4)22-16-25)14-12-23(5)28(26,27)20-11-10-17(3)15-19(20)21/h10-11,15-16,18H,6-9,12-14,21H2,1-5H3/p+1. The van der Waals surface area contributed by atoms with E-state index in [-0.39, 0.29) is 16.6 Å². The predicted octanol–water partition coefficient (Wildman–Crippen LogP) is 1.97. The summed E-state index contributed by atoms with van der Waals surface area (Å²) in [6, 6.07) is 5.19. The van der Waals surface area contributed by atoms with E-state index in [4.69, 9.17) is 5.73 Å². The molecule has 0 saturated heterocycles. The number of benzene rings is 1. The molecule has 28 heavy (non-hydrogen) atoms. The van der Waals surface area contributed by atoms with Crippen molar-refractivity contribution in [1.29, 1.82) is 0 Å². The highest BCUT2D eigenvalue weighted by Gasteiger charge is 2.28. The molecule has 0 saturated carbocycles. The fourth-order valence-electron chi connectivity index (χ4n) is 3.44. The molecule has 1 aromatic carbocycles. The summed E-state index contributed by atoms with van der Waals surface area (Å²) in [7, 11) is -2.00. The summed E-state index contributed by atoms with van der Waals surface area (Å²) >= 11 is 0. The Hall–Kier alpha value is -1.64. The lowest BCUT2D eigenvalue weighted by molar-refractivity contribution is -0.924. The van der Waals surface area contributed by atoms with Crippen molar-refractivity contribution in [2.45, 2.75) is 51.5 Å². The SMILES string of the molecule is CC[N+](CC)(CCCC(C)NC=O)CCN(C)S(=O)(=O)c1ccc(C)cc1N. The number of rotatable bonds is 13. The van der Waals surface area contributed by atoms with E-state index in [1.807, 2.05) is 13.8 Å². The summed E-state index contributed by atoms with van der Waals surface area (Å²) in [6.07, 6.45) is 2.63. The van der Waals surface area contributed by atoms with E-state index in [1.165, 1.54) is 4.31 Å². The summed E-state index contributed by atoms with van der Waals surface area (Å²) < 4.78 is 28.1. The minimum atomic E-state index is -3.62. The zero-order valence-electron chi connectivity index (χ0n) is 17.9. The number of hydrogen-bond donors (Lipinski definition) is 2. The summed E-state index contributed by atoms with van der Waals surface area (Å²) in [5.41, 5.74) is 7.18. The number of nitrogens with two attached hydrogens (primary N) is 1. The molecule has 8 heteroatoms. The Kier molecular flexibility index (Phi) is 9.39. The zero-order chi connectivity index (χ0) is 21.4. The second kappa shape index (κ2) is 10.8. The second-order valence-electron chi connectivity index (χ2n) is 7.62. The molecule has 160 valence electrons. The van der Waals surface area contributed by atoms with Gasteiger partial charge in [-0.15, -0.1) is 0 Å². The molecule has 0 fully saturated rings. The number of nitrogens with zero attached hydrogens (tertiary/aromatic N) is 2. The first-order chi connectivity index (χ1) is 13.1. The Bertz CT molecular complexity index is 733. The van der Waals surface area contributed by atoms with Crippen LogP contribution in [0.3, 0.4) is 0 Å². The van der Waals surface area contributed by atoms with Gasteiger partial charge in [0.05, 0.1) is 38.4 Å². The van der Waals surface area contributed by atoms with Crippen LogP contribution in [0.1, 0.15) is 39.2 Å². The van der Waals surface area contributed by atoms with E-state index in [0.717, 1.165) is 55.5 Å². The summed E-state index contributed by atoms with van der Waals surface area (Å²) in [5.74, 6) is 0. The van der Waals surface area contributed by atoms with E-state index < -0.39 is 10.0 Å². The zero-order valence-corrected chi connectivity index (χ0v) is 18.8. The lowest BCUT2D eigenvalue weighted by Gasteiger charge is -2.38. The van der Waals surface area contributed by atoms with Crippen molar-refractivity contribution < 1.29 is 17.7 Å². The Balaban J connectivity index is 2.79. The number of amides is 1. The van der Waals surface area contributed by atoms with Crippen molar-refractivity contribution in [3.05, 3.63) is 23.8 Å². The molecule has 3 N–H and O–H groups in total. The molecular weight excluding hydrogens is 376 g/mol. The monoisotopic (exact) mass is 413 g/mol. The summed E-state index contributed by atoms with van der Waals surface area (Å²) in [6.45, 7) is 12.2. The van der Waals surface area contributed by atoms with Gasteiger partial charge in [0, 0.05) is 13.1 Å². The topological polar surface area (TPSA) is 92.5 Å². The fourth-order valence-corrected chi connectivity index (χ4v) is 4.70. The normalized spacial score (nSPS) is 13.5. The number of carbonyl (C=O) groups excluding carboxylic acids is 1. The molecule has 1 unspecified atom stereocenters. The van der Waals surface area contributed by atoms with Gasteiger partial charge in [-0.2, -0.15) is 4.31 Å². The van der Waals surface area contributed by atoms with Crippen LogP contribution in [-0.2, 0) is 14.8 Å². The molecule has 0 spiro atoms. The van der Waals surface area contributed by atoms with Gasteiger partial charge in [-0.05, 0) is 58.2 Å². The van der Waals surface area contributed by atoms with E-state index in [9.17, 15) is 13.2 Å². The van der Waals surface area contributed by atoms with E-state index in [2.05, 4.69) is 19.2 Å². The highest BCUT2D eigenvalue weighted by atomic mass is 32.2. The number of carbonyl (C=O) groups is 1. The number of hydrogen-bond acceptors (Lipinski definition) is 4. The molecule has 1 rings (SSSR count). The Morgan fingerprint density at radius 1 is 1.25 bits per heavy atom. The van der Waals surface area contributed by atoms with Gasteiger partial charge in [0.15, 0.2) is 0 Å². The van der Waals surface area contributed by atoms with Crippen LogP contribution in [0, 0.1) is 6.92 Å². The van der Waals surface area contributed by atoms with Gasteiger partial charge in [0.1, 0.15) is 4.90 Å². The second-order valence-corrected chi connectivity index (χ2v) is 9.63. The Labute approximate surface area is 170 Å². The first kappa shape index (κ1) is 24.4. The Morgan fingerprint density at radius 3 is 2.43 bits per heavy atom. The number of sulfonamides is 1. The van der Waals surface area contributed by atoms with Crippen molar-refractivity contribution in [2.24, 2.45) is 0 Å². The molecule has 0 aliphatic heterocycles. The minimum absolute atomic E-state index is 0.153. The first-order valence-electron chi connectivity index (χ1n) is 9.99. The van der Waals surface area contributed by atoms with Crippen LogP contribution in [0.15, 0.2) is 23.1 Å². The first-order valence-corrected chi connectivity index (χ1v) is 11.4. The predicted molar refractivity (Wildman–Crippen MR) is 114 cm³/mol. The highest BCUT2D eigenvalue weighted by molar-refractivity contribution is 7.89. The van der Waals surface area contributed by atoms with Gasteiger partial charge in [-0.1, -0.05) is 6.07 Å². The largest absolute Gasteiger partial charge is 0.398 e. The molecule has 0 radical (unpaired) electrons. The number of quaternary nitrogens is 1. The molecule has 0 heterocycles. The fraction of sp³-hybridized carbons (Fsp3) is 0.650. The third kappa shape index (κ3) is 6.46. The molecule has 0 aliphatic rings. The maximum atomic E-state index is 12.9. The molecule has 0 aliphatic carbocycles. The molecular formula is C20H37N4O3S+. The van der Waals surface area contributed by atoms with Crippen LogP contribution in [-0.4, -0.2) is 69.4 Å². The van der Waals surface area contributed by atoms with Crippen molar-refractivity contribution in [2.75, 3.05) is 45.5 Å². The highest BCUT2D eigenvalue weighted by Crippen LogP contribution is 2.23. The van der Waals surface area contributed by atoms with Crippen molar-refractivity contribution >= 4 is 22.1 Å². The van der Waals surface area contributed by atoms with Gasteiger partial charge in [0.25, 0.3) is 0 Å². The summed E-state index contributed by atoms with van der Waals surface area (Å²) in [4.78, 5) is 10.7. The van der Waals surface area contributed by atoms with Crippen LogP contribution in [0.5, 0.6) is 0 Å². The van der Waals surface area contributed by atoms with E-state index in [1.54, 1.807) is 25.2 Å². The van der Waals surface area contributed by atoms with Crippen molar-refractivity contribution in [3.63, 3.8) is 0 Å². The molecule has 1 aromatic rings. The quantitative estimate of drug-likeness (QED) is 0.294. The van der Waals surface area contributed by atoms with Crippen LogP contribution in [0.4, 0.5) is 5.69 Å². The molecule has 0 bridgehead atoms. The number of nitrogen functional groups attached to an aromatic ring is 1. The summed E-state index contributed by atoms with van der Waals surface area (Å²) in [5, 5.41) is 2.78. The molecule has 1 amide bonds. The van der Waals surface area contributed by atoms with Gasteiger partial charge in [0.2, 0.25) is 16.4 Å². The van der Waals surface area contributed by atoms with Crippen molar-refractivity contribution in [3.8, 4) is 0 Å². The van der Waals surface area contributed by atoms with E-state index in [0.29, 0.717) is 6.54 Å². The maximum Gasteiger partial charge on any atom is 0.245 e. The number of nitrogens with one attached hydrogen (secondary N) is 1. The molecule has 7 nitrogen and oxygen atoms in total. The average Bonchev–Trinajstić information content (AvgIpc) is 2.64. The van der Waals surface area contributed by atoms with Gasteiger partial charge >= 0.3 is 0 Å². The maximum absolute atomic E-state index is 12.9. The smallest absolute Gasteiger partial charge is 0.245 e. The minimum Gasteiger partial charge on any atom is -0.398 e. The van der Waals surface area contributed by atoms with Gasteiger partial charge < -0.3 is 15.5 Å². The van der Waals surface area contributed by atoms with Crippen LogP contribution >= 0.6 is 0 Å². The lowest BCUT2D eigenvalue weighted by atomic mass is 10.1. The van der Waals surface area contributed by atoms with Crippen LogP contribution < -0.4 is 11.1 Å². The average molecular weight is 414 g/mol. The van der Waals surface area contributed by atoms with E-state index >= 15 is 0 Å². The van der Waals surface area contributed by atoms with Gasteiger partial charge in [-0.25, -0.2) is 8.42 Å². The third-order valence-corrected chi connectivity index (χ3v) is 7.64. The number of likely N-dealkylation sites (N-methyl/N-ethyl adjacent to an activating group) is 2.